The summed E-state index contributed by atoms with van der Waals surface area (Å²) in [5.41, 5.74) is 3.22. The largest absolute Gasteiger partial charge is 0.416 e. The van der Waals surface area contributed by atoms with Crippen molar-refractivity contribution in [3.05, 3.63) is 135 Å². The first-order valence-electron chi connectivity index (χ1n) is 16.0. The Morgan fingerprint density at radius 3 is 2.16 bits per heavy atom. The van der Waals surface area contributed by atoms with Crippen molar-refractivity contribution in [3.63, 3.8) is 0 Å². The molecule has 2 heterocycles. The van der Waals surface area contributed by atoms with Gasteiger partial charge in [0, 0.05) is 42.7 Å². The van der Waals surface area contributed by atoms with E-state index in [1.165, 1.54) is 36.0 Å². The lowest BCUT2D eigenvalue weighted by atomic mass is 9.98. The second-order valence-corrected chi connectivity index (χ2v) is 13.3. The lowest BCUT2D eigenvalue weighted by Crippen LogP contribution is -2.36. The molecule has 0 saturated heterocycles. The van der Waals surface area contributed by atoms with Gasteiger partial charge in [-0.2, -0.15) is 23.3 Å². The molecule has 0 fully saturated rings. The first-order valence-corrected chi connectivity index (χ1v) is 17.0. The van der Waals surface area contributed by atoms with Crippen LogP contribution >= 0.6 is 24.2 Å². The number of aromatic nitrogens is 4. The molecular weight excluding hydrogens is 704 g/mol. The number of amides is 1. The van der Waals surface area contributed by atoms with Gasteiger partial charge in [-0.3, -0.25) is 14.7 Å². The number of H-pyrrole nitrogens is 1. The third-order valence-corrected chi connectivity index (χ3v) is 9.38. The van der Waals surface area contributed by atoms with Crippen LogP contribution in [0.3, 0.4) is 0 Å². The first kappa shape index (κ1) is 39.3. The molecule has 3 aromatic carbocycles. The van der Waals surface area contributed by atoms with Crippen LogP contribution in [-0.2, 0) is 29.8 Å². The van der Waals surface area contributed by atoms with Crippen LogP contribution in [0.4, 0.5) is 17.6 Å². The Hall–Kier alpha value is -4.46. The molecule has 0 radical (unpaired) electrons. The fraction of sp³-hybridized carbons (Fsp3) is 0.297. The van der Waals surface area contributed by atoms with Crippen LogP contribution in [0.5, 0.6) is 0 Å². The van der Waals surface area contributed by atoms with Crippen LogP contribution in [0.25, 0.3) is 11.1 Å². The van der Waals surface area contributed by atoms with E-state index in [-0.39, 0.29) is 36.6 Å². The molecule has 5 rings (SSSR count). The zero-order chi connectivity index (χ0) is 35.8. The quantitative estimate of drug-likeness (QED) is 0.0716. The fourth-order valence-corrected chi connectivity index (χ4v) is 6.33. The zero-order valence-corrected chi connectivity index (χ0v) is 30.0. The van der Waals surface area contributed by atoms with Crippen LogP contribution in [0, 0.1) is 5.82 Å². The normalized spacial score (nSPS) is 12.1. The molecule has 0 aliphatic rings. The van der Waals surface area contributed by atoms with Crippen molar-refractivity contribution in [1.82, 2.24) is 29.5 Å². The summed E-state index contributed by atoms with van der Waals surface area (Å²) in [6.45, 7) is 3.35. The minimum atomic E-state index is -4.40. The van der Waals surface area contributed by atoms with Gasteiger partial charge in [-0.1, -0.05) is 67.2 Å². The van der Waals surface area contributed by atoms with E-state index < -0.39 is 17.3 Å². The number of hydrogen-bond acceptors (Lipinski definition) is 6. The van der Waals surface area contributed by atoms with Gasteiger partial charge >= 0.3 is 6.18 Å². The predicted octanol–water partition coefficient (Wildman–Crippen LogP) is 7.64. The van der Waals surface area contributed by atoms with E-state index in [4.69, 9.17) is 0 Å². The average Bonchev–Trinajstić information content (AvgIpc) is 3.63. The highest BCUT2D eigenvalue weighted by Crippen LogP contribution is 2.31. The van der Waals surface area contributed by atoms with Gasteiger partial charge in [-0.25, -0.2) is 4.39 Å². The molecule has 51 heavy (non-hydrogen) atoms. The van der Waals surface area contributed by atoms with Crippen LogP contribution in [0.2, 0.25) is 0 Å². The second-order valence-electron chi connectivity index (χ2n) is 12.3. The van der Waals surface area contributed by atoms with Crippen molar-refractivity contribution in [1.29, 1.82) is 0 Å². The van der Waals surface area contributed by atoms with E-state index >= 15 is 0 Å². The first-order chi connectivity index (χ1) is 23.9. The maximum atomic E-state index is 14.1. The molecule has 14 heteroatoms. The van der Waals surface area contributed by atoms with Gasteiger partial charge in [0.2, 0.25) is 5.91 Å². The van der Waals surface area contributed by atoms with Gasteiger partial charge in [0.25, 0.3) is 5.56 Å². The van der Waals surface area contributed by atoms with E-state index in [1.54, 1.807) is 40.2 Å². The van der Waals surface area contributed by atoms with Crippen LogP contribution < -0.4 is 5.56 Å². The third kappa shape index (κ3) is 10.8. The van der Waals surface area contributed by atoms with Crippen LogP contribution in [0.15, 0.2) is 101 Å². The predicted molar refractivity (Wildman–Crippen MR) is 193 cm³/mol. The molecule has 1 atom stereocenters. The van der Waals surface area contributed by atoms with Crippen molar-refractivity contribution >= 4 is 30.1 Å². The van der Waals surface area contributed by atoms with Crippen molar-refractivity contribution in [2.75, 3.05) is 27.2 Å². The smallest absolute Gasteiger partial charge is 0.337 e. The SMILES string of the molecule is CC(c1cn[nH]c1)c1cn(CC(=O)N(CCCN(C)C)Cc2ccc(-c3ccc(C(F)(F)F)cc3)cc2)c(SCc2ccc(F)cc2)nc1=O.Cl. The van der Waals surface area contributed by atoms with Gasteiger partial charge in [0.05, 0.1) is 11.8 Å². The number of aromatic amines is 1. The summed E-state index contributed by atoms with van der Waals surface area (Å²) in [4.78, 5) is 35.6. The second kappa shape index (κ2) is 17.7. The summed E-state index contributed by atoms with van der Waals surface area (Å²) in [5, 5.41) is 7.14. The van der Waals surface area contributed by atoms with E-state index in [0.29, 0.717) is 35.1 Å². The number of benzene rings is 3. The van der Waals surface area contributed by atoms with E-state index in [1.807, 2.05) is 50.2 Å². The van der Waals surface area contributed by atoms with E-state index in [0.717, 1.165) is 47.4 Å². The number of halogens is 5. The zero-order valence-electron chi connectivity index (χ0n) is 28.4. The Morgan fingerprint density at radius 1 is 0.941 bits per heavy atom. The molecule has 0 aliphatic heterocycles. The molecule has 8 nitrogen and oxygen atoms in total. The summed E-state index contributed by atoms with van der Waals surface area (Å²) in [5.74, 6) is -0.437. The van der Waals surface area contributed by atoms with Gasteiger partial charge in [-0.05, 0) is 79.1 Å². The van der Waals surface area contributed by atoms with Crippen molar-refractivity contribution in [2.45, 2.75) is 49.4 Å². The van der Waals surface area contributed by atoms with Crippen LogP contribution in [-0.4, -0.2) is 62.6 Å². The van der Waals surface area contributed by atoms with Gasteiger partial charge in [-0.15, -0.1) is 12.4 Å². The molecule has 0 bridgehead atoms. The van der Waals surface area contributed by atoms with Crippen molar-refractivity contribution in [3.8, 4) is 11.1 Å². The van der Waals surface area contributed by atoms with Crippen molar-refractivity contribution in [2.24, 2.45) is 0 Å². The van der Waals surface area contributed by atoms with E-state index in [9.17, 15) is 27.2 Å². The van der Waals surface area contributed by atoms with E-state index in [2.05, 4.69) is 15.2 Å². The average molecular weight is 743 g/mol. The van der Waals surface area contributed by atoms with Crippen LogP contribution in [0.1, 0.15) is 47.1 Å². The van der Waals surface area contributed by atoms with Gasteiger partial charge in [0.15, 0.2) is 5.16 Å². The lowest BCUT2D eigenvalue weighted by molar-refractivity contribution is -0.137. The number of rotatable bonds is 14. The Kier molecular flexibility index (Phi) is 13.6. The molecule has 2 aromatic heterocycles. The topological polar surface area (TPSA) is 87.1 Å². The Labute approximate surface area is 304 Å². The number of hydrogen-bond donors (Lipinski definition) is 1. The minimum absolute atomic E-state index is 0. The summed E-state index contributed by atoms with van der Waals surface area (Å²) >= 11 is 1.29. The number of thioether (sulfide) groups is 1. The highest BCUT2D eigenvalue weighted by molar-refractivity contribution is 7.98. The molecular formula is C37H39ClF4N6O2S. The molecule has 1 N–H and O–H groups in total. The van der Waals surface area contributed by atoms with Gasteiger partial charge < -0.3 is 14.4 Å². The standard InChI is InChI=1S/C37H38F4N6O2S.ClH/c1-25(30-19-42-43-20-30)33-22-47(36(44-35(33)49)50-24-27-7-15-32(38)16-8-27)23-34(48)46(18-4-17-45(2)3)21-26-5-9-28(10-6-26)29-11-13-31(14-12-29)37(39,40)41;/h5-16,19-20,22,25H,4,17-18,21,23-24H2,1-3H3,(H,42,43);1H. The molecule has 1 unspecified atom stereocenters. The molecule has 270 valence electrons. The molecule has 5 aromatic rings. The van der Waals surface area contributed by atoms with Crippen molar-refractivity contribution < 1.29 is 22.4 Å². The molecule has 1 amide bonds. The number of carbonyl (C=O) groups excluding carboxylic acids is 1. The Balaban J connectivity index is 0.00000583. The maximum absolute atomic E-state index is 14.1. The summed E-state index contributed by atoms with van der Waals surface area (Å²) in [6.07, 6.45) is 1.37. The third-order valence-electron chi connectivity index (χ3n) is 8.32. The number of nitrogens with zero attached hydrogens (tertiary/aromatic N) is 5. The van der Waals surface area contributed by atoms with Gasteiger partial charge in [0.1, 0.15) is 12.4 Å². The number of nitrogens with one attached hydrogen (secondary N) is 1. The minimum Gasteiger partial charge on any atom is -0.337 e. The summed E-state index contributed by atoms with van der Waals surface area (Å²) in [7, 11) is 3.93. The Bertz CT molecular complexity index is 1920. The molecule has 0 saturated carbocycles. The lowest BCUT2D eigenvalue weighted by Gasteiger charge is -2.25. The monoisotopic (exact) mass is 742 g/mol. The summed E-state index contributed by atoms with van der Waals surface area (Å²) in [6, 6.07) is 18.5. The highest BCUT2D eigenvalue weighted by atomic mass is 35.5. The highest BCUT2D eigenvalue weighted by Gasteiger charge is 2.30. The number of carbonyl (C=O) groups is 1. The maximum Gasteiger partial charge on any atom is 0.416 e. The number of alkyl halides is 3. The molecule has 0 spiro atoms. The molecule has 0 aliphatic carbocycles. The summed E-state index contributed by atoms with van der Waals surface area (Å²) < 4.78 is 54.3. The Morgan fingerprint density at radius 2 is 1.57 bits per heavy atom. The fourth-order valence-electron chi connectivity index (χ4n) is 5.42.